The molecule has 1 aliphatic carbocycles. The summed E-state index contributed by atoms with van der Waals surface area (Å²) in [5, 5.41) is 2.25. The number of rotatable bonds is 1. The van der Waals surface area contributed by atoms with Crippen molar-refractivity contribution in [3.8, 4) is 0 Å². The number of nitrogens with two attached hydrogens (primary N) is 1. The SMILES string of the molecule is Cc1cc(C2(N)CCCC(C)(C)C2)cs1. The highest BCUT2D eigenvalue weighted by molar-refractivity contribution is 7.10. The van der Waals surface area contributed by atoms with Gasteiger partial charge in [-0.05, 0) is 48.6 Å². The highest BCUT2D eigenvalue weighted by Gasteiger charge is 2.38. The predicted molar refractivity (Wildman–Crippen MR) is 67.2 cm³/mol. The van der Waals surface area contributed by atoms with Crippen LogP contribution in [0.2, 0.25) is 0 Å². The molecule has 2 heteroatoms. The lowest BCUT2D eigenvalue weighted by Crippen LogP contribution is -2.43. The summed E-state index contributed by atoms with van der Waals surface area (Å²) in [7, 11) is 0. The fourth-order valence-electron chi connectivity index (χ4n) is 2.86. The van der Waals surface area contributed by atoms with Crippen LogP contribution in [0.5, 0.6) is 0 Å². The lowest BCUT2D eigenvalue weighted by molar-refractivity contribution is 0.151. The minimum atomic E-state index is -0.0630. The van der Waals surface area contributed by atoms with Crippen molar-refractivity contribution in [2.24, 2.45) is 11.1 Å². The monoisotopic (exact) mass is 223 g/mol. The van der Waals surface area contributed by atoms with Gasteiger partial charge in [0.1, 0.15) is 0 Å². The van der Waals surface area contributed by atoms with E-state index in [-0.39, 0.29) is 5.54 Å². The second kappa shape index (κ2) is 3.60. The maximum atomic E-state index is 6.58. The molecule has 1 atom stereocenters. The van der Waals surface area contributed by atoms with E-state index in [1.165, 1.54) is 23.3 Å². The van der Waals surface area contributed by atoms with E-state index in [0.29, 0.717) is 5.41 Å². The molecule has 1 aliphatic rings. The summed E-state index contributed by atoms with van der Waals surface area (Å²) in [6, 6.07) is 2.27. The van der Waals surface area contributed by atoms with Gasteiger partial charge in [0.05, 0.1) is 0 Å². The van der Waals surface area contributed by atoms with E-state index in [0.717, 1.165) is 12.8 Å². The van der Waals surface area contributed by atoms with E-state index in [2.05, 4.69) is 32.2 Å². The van der Waals surface area contributed by atoms with E-state index in [1.54, 1.807) is 0 Å². The summed E-state index contributed by atoms with van der Waals surface area (Å²) in [6.45, 7) is 6.84. The molecule has 0 amide bonds. The Balaban J connectivity index is 2.26. The third-order valence-corrected chi connectivity index (χ3v) is 4.44. The van der Waals surface area contributed by atoms with E-state index >= 15 is 0 Å². The van der Waals surface area contributed by atoms with Gasteiger partial charge >= 0.3 is 0 Å². The van der Waals surface area contributed by atoms with Crippen LogP contribution in [-0.2, 0) is 5.54 Å². The third kappa shape index (κ3) is 2.26. The number of hydrogen-bond donors (Lipinski definition) is 1. The van der Waals surface area contributed by atoms with Crippen LogP contribution in [0.25, 0.3) is 0 Å². The van der Waals surface area contributed by atoms with Gasteiger partial charge in [0.25, 0.3) is 0 Å². The lowest BCUT2D eigenvalue weighted by Gasteiger charge is -2.42. The van der Waals surface area contributed by atoms with Crippen LogP contribution in [0.4, 0.5) is 0 Å². The fourth-order valence-corrected chi connectivity index (χ4v) is 3.67. The molecule has 2 rings (SSSR count). The average molecular weight is 223 g/mol. The Morgan fingerprint density at radius 3 is 2.60 bits per heavy atom. The molecule has 0 spiro atoms. The standard InChI is InChI=1S/C13H21NS/c1-10-7-11(8-15-10)13(14)6-4-5-12(2,3)9-13/h7-8H,4-6,9,14H2,1-3H3. The van der Waals surface area contributed by atoms with E-state index in [4.69, 9.17) is 5.73 Å². The number of aryl methyl sites for hydroxylation is 1. The van der Waals surface area contributed by atoms with Gasteiger partial charge < -0.3 is 5.73 Å². The zero-order valence-electron chi connectivity index (χ0n) is 9.97. The first-order chi connectivity index (χ1) is 6.91. The first-order valence-corrected chi connectivity index (χ1v) is 6.64. The van der Waals surface area contributed by atoms with Gasteiger partial charge in [0, 0.05) is 10.4 Å². The zero-order chi connectivity index (χ0) is 11.1. The maximum Gasteiger partial charge on any atom is 0.0423 e. The summed E-state index contributed by atoms with van der Waals surface area (Å²) < 4.78 is 0. The Kier molecular flexibility index (Phi) is 2.68. The summed E-state index contributed by atoms with van der Waals surface area (Å²) in [5.41, 5.74) is 8.28. The molecule has 1 saturated carbocycles. The zero-order valence-corrected chi connectivity index (χ0v) is 10.8. The van der Waals surface area contributed by atoms with Crippen LogP contribution in [0, 0.1) is 12.3 Å². The van der Waals surface area contributed by atoms with Crippen LogP contribution in [0.3, 0.4) is 0 Å². The van der Waals surface area contributed by atoms with Gasteiger partial charge in [-0.25, -0.2) is 0 Å². The van der Waals surface area contributed by atoms with Crippen LogP contribution in [-0.4, -0.2) is 0 Å². The first-order valence-electron chi connectivity index (χ1n) is 5.76. The predicted octanol–water partition coefficient (Wildman–Crippen LogP) is 3.81. The average Bonchev–Trinajstić information content (AvgIpc) is 2.49. The summed E-state index contributed by atoms with van der Waals surface area (Å²) in [6.07, 6.45) is 4.84. The van der Waals surface area contributed by atoms with Crippen molar-refractivity contribution in [1.82, 2.24) is 0 Å². The van der Waals surface area contributed by atoms with Crippen LogP contribution in [0.15, 0.2) is 11.4 Å². The Morgan fingerprint density at radius 2 is 2.07 bits per heavy atom. The molecule has 84 valence electrons. The molecule has 0 bridgehead atoms. The van der Waals surface area contributed by atoms with Gasteiger partial charge in [-0.2, -0.15) is 0 Å². The highest BCUT2D eigenvalue weighted by Crippen LogP contribution is 2.45. The summed E-state index contributed by atoms with van der Waals surface area (Å²) in [4.78, 5) is 1.37. The molecule has 1 unspecified atom stereocenters. The van der Waals surface area contributed by atoms with Gasteiger partial charge in [-0.1, -0.05) is 20.3 Å². The molecular weight excluding hydrogens is 202 g/mol. The molecule has 1 aromatic rings. The van der Waals surface area contributed by atoms with E-state index in [9.17, 15) is 0 Å². The number of thiophene rings is 1. The molecule has 1 nitrogen and oxygen atoms in total. The Bertz CT molecular complexity index is 353. The van der Waals surface area contributed by atoms with Gasteiger partial charge in [-0.3, -0.25) is 0 Å². The van der Waals surface area contributed by atoms with Crippen molar-refractivity contribution in [1.29, 1.82) is 0 Å². The Hall–Kier alpha value is -0.340. The van der Waals surface area contributed by atoms with Crippen molar-refractivity contribution in [2.75, 3.05) is 0 Å². The molecule has 0 radical (unpaired) electrons. The van der Waals surface area contributed by atoms with Crippen molar-refractivity contribution in [2.45, 2.75) is 52.0 Å². The van der Waals surface area contributed by atoms with Gasteiger partial charge in [-0.15, -0.1) is 11.3 Å². The van der Waals surface area contributed by atoms with E-state index < -0.39 is 0 Å². The van der Waals surface area contributed by atoms with Crippen molar-refractivity contribution in [3.05, 3.63) is 21.9 Å². The minimum Gasteiger partial charge on any atom is -0.321 e. The molecule has 1 heterocycles. The van der Waals surface area contributed by atoms with Crippen molar-refractivity contribution >= 4 is 11.3 Å². The topological polar surface area (TPSA) is 26.0 Å². The largest absolute Gasteiger partial charge is 0.321 e. The molecule has 1 fully saturated rings. The third-order valence-electron chi connectivity index (χ3n) is 3.58. The molecule has 15 heavy (non-hydrogen) atoms. The van der Waals surface area contributed by atoms with Crippen LogP contribution in [0.1, 0.15) is 50.0 Å². The second-order valence-corrected chi connectivity index (χ2v) is 6.91. The number of hydrogen-bond acceptors (Lipinski definition) is 2. The lowest BCUT2D eigenvalue weighted by atomic mass is 9.66. The molecule has 2 N–H and O–H groups in total. The summed E-state index contributed by atoms with van der Waals surface area (Å²) >= 11 is 1.82. The maximum absolute atomic E-state index is 6.58. The smallest absolute Gasteiger partial charge is 0.0423 e. The molecule has 0 aromatic carbocycles. The minimum absolute atomic E-state index is 0.0630. The van der Waals surface area contributed by atoms with Crippen molar-refractivity contribution in [3.63, 3.8) is 0 Å². The second-order valence-electron chi connectivity index (χ2n) is 5.80. The Morgan fingerprint density at radius 1 is 1.33 bits per heavy atom. The quantitative estimate of drug-likeness (QED) is 0.769. The summed E-state index contributed by atoms with van der Waals surface area (Å²) in [5.74, 6) is 0. The fraction of sp³-hybridized carbons (Fsp3) is 0.692. The van der Waals surface area contributed by atoms with E-state index in [1.807, 2.05) is 11.3 Å². The first kappa shape index (κ1) is 11.2. The van der Waals surface area contributed by atoms with Gasteiger partial charge in [0.15, 0.2) is 0 Å². The van der Waals surface area contributed by atoms with Crippen LogP contribution < -0.4 is 5.73 Å². The molecule has 0 aliphatic heterocycles. The Labute approximate surface area is 96.7 Å². The molecular formula is C13H21NS. The highest BCUT2D eigenvalue weighted by atomic mass is 32.1. The van der Waals surface area contributed by atoms with Crippen LogP contribution >= 0.6 is 11.3 Å². The van der Waals surface area contributed by atoms with Crippen molar-refractivity contribution < 1.29 is 0 Å². The normalized spacial score (nSPS) is 30.4. The molecule has 1 aromatic heterocycles. The molecule has 0 saturated heterocycles. The van der Waals surface area contributed by atoms with Gasteiger partial charge in [0.2, 0.25) is 0 Å².